The van der Waals surface area contributed by atoms with E-state index in [2.05, 4.69) is 59.2 Å². The number of nitrogens with one attached hydrogen (secondary N) is 1. The van der Waals surface area contributed by atoms with Crippen molar-refractivity contribution in [2.24, 2.45) is 7.05 Å². The van der Waals surface area contributed by atoms with Crippen molar-refractivity contribution in [3.8, 4) is 0 Å². The average molecular weight is 247 g/mol. The summed E-state index contributed by atoms with van der Waals surface area (Å²) < 4.78 is 4.14. The van der Waals surface area contributed by atoms with Crippen LogP contribution in [0.25, 0.3) is 0 Å². The third-order valence-corrected chi connectivity index (χ3v) is 2.84. The first kappa shape index (κ1) is 12.8. The highest BCUT2D eigenvalue weighted by Gasteiger charge is 2.11. The minimum absolute atomic E-state index is 0.125. The Balaban J connectivity index is 2.06. The number of rotatable bonds is 4. The van der Waals surface area contributed by atoms with Crippen molar-refractivity contribution >= 4 is 0 Å². The zero-order valence-corrected chi connectivity index (χ0v) is 11.5. The molecule has 2 rings (SSSR count). The van der Waals surface area contributed by atoms with Gasteiger partial charge in [0.25, 0.3) is 0 Å². The van der Waals surface area contributed by atoms with E-state index in [0.29, 0.717) is 0 Å². The van der Waals surface area contributed by atoms with E-state index in [0.717, 1.165) is 18.9 Å². The summed E-state index contributed by atoms with van der Waals surface area (Å²) in [5.74, 6) is 0.961. The van der Waals surface area contributed by atoms with E-state index < -0.39 is 0 Å². The lowest BCUT2D eigenvalue weighted by atomic mass is 10.1. The first-order valence-corrected chi connectivity index (χ1v) is 6.17. The molecule has 0 bridgehead atoms. The molecule has 2 aromatic heterocycles. The molecule has 98 valence electrons. The highest BCUT2D eigenvalue weighted by atomic mass is 15.3. The molecule has 0 spiro atoms. The van der Waals surface area contributed by atoms with Crippen molar-refractivity contribution in [1.29, 1.82) is 0 Å². The SMILES string of the molecule is Cn1cnnc1Cn1cccc1CNC(C)(C)C. The summed E-state index contributed by atoms with van der Waals surface area (Å²) >= 11 is 0. The maximum absolute atomic E-state index is 4.11. The fourth-order valence-electron chi connectivity index (χ4n) is 1.72. The van der Waals surface area contributed by atoms with E-state index in [1.807, 2.05) is 11.6 Å². The molecule has 0 saturated heterocycles. The third kappa shape index (κ3) is 3.20. The minimum Gasteiger partial charge on any atom is -0.343 e. The van der Waals surface area contributed by atoms with E-state index in [1.165, 1.54) is 5.69 Å². The zero-order chi connectivity index (χ0) is 13.2. The van der Waals surface area contributed by atoms with Crippen LogP contribution in [0.4, 0.5) is 0 Å². The molecular weight excluding hydrogens is 226 g/mol. The first-order chi connectivity index (χ1) is 8.46. The van der Waals surface area contributed by atoms with Crippen LogP contribution in [-0.4, -0.2) is 24.9 Å². The number of aryl methyl sites for hydroxylation is 1. The second-order valence-electron chi connectivity index (χ2n) is 5.59. The van der Waals surface area contributed by atoms with Gasteiger partial charge in [-0.2, -0.15) is 0 Å². The van der Waals surface area contributed by atoms with Gasteiger partial charge in [-0.3, -0.25) is 0 Å². The Bertz CT molecular complexity index is 503. The third-order valence-electron chi connectivity index (χ3n) is 2.84. The molecule has 0 fully saturated rings. The van der Waals surface area contributed by atoms with Gasteiger partial charge in [0.15, 0.2) is 5.82 Å². The predicted molar refractivity (Wildman–Crippen MR) is 71.1 cm³/mol. The van der Waals surface area contributed by atoms with E-state index in [1.54, 1.807) is 6.33 Å². The van der Waals surface area contributed by atoms with Crippen LogP contribution in [0.2, 0.25) is 0 Å². The largest absolute Gasteiger partial charge is 0.343 e. The van der Waals surface area contributed by atoms with Crippen LogP contribution in [-0.2, 0) is 20.1 Å². The fraction of sp³-hybridized carbons (Fsp3) is 0.538. The quantitative estimate of drug-likeness (QED) is 0.891. The fourth-order valence-corrected chi connectivity index (χ4v) is 1.72. The van der Waals surface area contributed by atoms with Crippen molar-refractivity contribution < 1.29 is 0 Å². The highest BCUT2D eigenvalue weighted by molar-refractivity contribution is 5.09. The molecule has 0 aliphatic carbocycles. The lowest BCUT2D eigenvalue weighted by Crippen LogP contribution is -2.35. The number of hydrogen-bond acceptors (Lipinski definition) is 3. The van der Waals surface area contributed by atoms with Gasteiger partial charge in [-0.1, -0.05) is 0 Å². The van der Waals surface area contributed by atoms with Gasteiger partial charge in [0, 0.05) is 31.0 Å². The molecule has 1 N–H and O–H groups in total. The van der Waals surface area contributed by atoms with E-state index in [9.17, 15) is 0 Å². The highest BCUT2D eigenvalue weighted by Crippen LogP contribution is 2.08. The van der Waals surface area contributed by atoms with E-state index in [-0.39, 0.29) is 5.54 Å². The number of nitrogens with zero attached hydrogens (tertiary/aromatic N) is 4. The summed E-state index contributed by atoms with van der Waals surface area (Å²) in [6, 6.07) is 4.20. The summed E-state index contributed by atoms with van der Waals surface area (Å²) in [5.41, 5.74) is 1.38. The summed E-state index contributed by atoms with van der Waals surface area (Å²) in [7, 11) is 1.96. The van der Waals surface area contributed by atoms with Gasteiger partial charge in [0.05, 0.1) is 6.54 Å². The molecule has 5 heteroatoms. The van der Waals surface area contributed by atoms with Crippen molar-refractivity contribution in [2.45, 2.75) is 39.4 Å². The summed E-state index contributed by atoms with van der Waals surface area (Å²) in [4.78, 5) is 0. The number of hydrogen-bond donors (Lipinski definition) is 1. The Morgan fingerprint density at radius 1 is 1.33 bits per heavy atom. The Hall–Kier alpha value is -1.62. The molecule has 0 saturated carbocycles. The van der Waals surface area contributed by atoms with Gasteiger partial charge in [-0.15, -0.1) is 10.2 Å². The molecular formula is C13H21N5. The van der Waals surface area contributed by atoms with E-state index in [4.69, 9.17) is 0 Å². The Labute approximate surface area is 108 Å². The molecule has 0 aliphatic rings. The molecule has 5 nitrogen and oxygen atoms in total. The Morgan fingerprint density at radius 3 is 2.72 bits per heavy atom. The van der Waals surface area contributed by atoms with Gasteiger partial charge >= 0.3 is 0 Å². The minimum atomic E-state index is 0.125. The van der Waals surface area contributed by atoms with Crippen molar-refractivity contribution in [3.63, 3.8) is 0 Å². The first-order valence-electron chi connectivity index (χ1n) is 6.17. The van der Waals surface area contributed by atoms with Gasteiger partial charge < -0.3 is 14.5 Å². The smallest absolute Gasteiger partial charge is 0.152 e. The maximum atomic E-state index is 4.11. The maximum Gasteiger partial charge on any atom is 0.152 e. The molecule has 0 aromatic carbocycles. The summed E-state index contributed by atoms with van der Waals surface area (Å²) in [6.45, 7) is 8.12. The Morgan fingerprint density at radius 2 is 2.11 bits per heavy atom. The van der Waals surface area contributed by atoms with Crippen LogP contribution in [0.15, 0.2) is 24.7 Å². The van der Waals surface area contributed by atoms with Gasteiger partial charge in [-0.05, 0) is 32.9 Å². The second-order valence-corrected chi connectivity index (χ2v) is 5.59. The van der Waals surface area contributed by atoms with Crippen LogP contribution >= 0.6 is 0 Å². The summed E-state index contributed by atoms with van der Waals surface area (Å²) in [6.07, 6.45) is 3.81. The van der Waals surface area contributed by atoms with Crippen LogP contribution in [0.5, 0.6) is 0 Å². The van der Waals surface area contributed by atoms with Crippen molar-refractivity contribution in [1.82, 2.24) is 24.6 Å². The van der Waals surface area contributed by atoms with E-state index >= 15 is 0 Å². The molecule has 0 atom stereocenters. The molecule has 0 aliphatic heterocycles. The van der Waals surface area contributed by atoms with Gasteiger partial charge in [-0.25, -0.2) is 0 Å². The molecule has 0 unspecified atom stereocenters. The number of aromatic nitrogens is 4. The standard InChI is InChI=1S/C13H21N5/c1-13(2,3)14-8-11-6-5-7-18(11)9-12-16-15-10-17(12)4/h5-7,10,14H,8-9H2,1-4H3. The lowest BCUT2D eigenvalue weighted by Gasteiger charge is -2.21. The molecule has 18 heavy (non-hydrogen) atoms. The zero-order valence-electron chi connectivity index (χ0n) is 11.5. The van der Waals surface area contributed by atoms with Crippen LogP contribution in [0.1, 0.15) is 32.3 Å². The molecule has 2 aromatic rings. The molecule has 0 amide bonds. The second kappa shape index (κ2) is 4.94. The monoisotopic (exact) mass is 247 g/mol. The summed E-state index contributed by atoms with van der Waals surface area (Å²) in [5, 5.41) is 11.5. The average Bonchev–Trinajstić information content (AvgIpc) is 2.86. The topological polar surface area (TPSA) is 47.7 Å². The van der Waals surface area contributed by atoms with Crippen molar-refractivity contribution in [3.05, 3.63) is 36.2 Å². The van der Waals surface area contributed by atoms with Crippen LogP contribution in [0.3, 0.4) is 0 Å². The van der Waals surface area contributed by atoms with Gasteiger partial charge in [0.2, 0.25) is 0 Å². The molecule has 0 radical (unpaired) electrons. The predicted octanol–water partition coefficient (Wildman–Crippen LogP) is 1.55. The van der Waals surface area contributed by atoms with Crippen molar-refractivity contribution in [2.75, 3.05) is 0 Å². The van der Waals surface area contributed by atoms with Crippen LogP contribution in [0, 0.1) is 0 Å². The van der Waals surface area contributed by atoms with Crippen LogP contribution < -0.4 is 5.32 Å². The Kier molecular flexibility index (Phi) is 3.52. The lowest BCUT2D eigenvalue weighted by molar-refractivity contribution is 0.416. The normalized spacial score (nSPS) is 12.0. The van der Waals surface area contributed by atoms with Gasteiger partial charge in [0.1, 0.15) is 6.33 Å². The molecule has 2 heterocycles.